The summed E-state index contributed by atoms with van der Waals surface area (Å²) in [6.07, 6.45) is 0. The molecule has 0 N–H and O–H groups in total. The van der Waals surface area contributed by atoms with Gasteiger partial charge in [0.15, 0.2) is 0 Å². The van der Waals surface area contributed by atoms with Gasteiger partial charge in [-0.1, -0.05) is 66.7 Å². The van der Waals surface area contributed by atoms with Crippen molar-refractivity contribution >= 4 is 53.4 Å². The minimum Gasteiger partial charge on any atom is -0.456 e. The maximum Gasteiger partial charge on any atom is 0.135 e. The molecule has 0 spiro atoms. The number of fused-ring (bicyclic) bond motifs is 6. The van der Waals surface area contributed by atoms with Gasteiger partial charge in [-0.3, -0.25) is 0 Å². The molecule has 6 aromatic carbocycles. The summed E-state index contributed by atoms with van der Waals surface area (Å²) in [7, 11) is 0. The van der Waals surface area contributed by atoms with Crippen LogP contribution >= 0.6 is 11.3 Å². The molecule has 42 heavy (non-hydrogen) atoms. The number of hydrogen-bond acceptors (Lipinski definition) is 4. The Labute approximate surface area is 245 Å². The lowest BCUT2D eigenvalue weighted by Crippen LogP contribution is -1.94. The fraction of sp³-hybridized carbons (Fsp3) is 0. The van der Waals surface area contributed by atoms with E-state index < -0.39 is 0 Å². The first-order valence-corrected chi connectivity index (χ1v) is 14.4. The molecule has 3 nitrogen and oxygen atoms in total. The van der Waals surface area contributed by atoms with E-state index in [0.717, 1.165) is 55.3 Å². The summed E-state index contributed by atoms with van der Waals surface area (Å²) in [6, 6.07) is 45.6. The van der Waals surface area contributed by atoms with Crippen LogP contribution in [0, 0.1) is 22.7 Å². The van der Waals surface area contributed by atoms with Crippen molar-refractivity contribution in [3.63, 3.8) is 0 Å². The van der Waals surface area contributed by atoms with Gasteiger partial charge in [0, 0.05) is 42.1 Å². The maximum absolute atomic E-state index is 10.4. The van der Waals surface area contributed by atoms with Crippen LogP contribution in [0.4, 0.5) is 0 Å². The standard InChI is InChI=1S/C38H20N2OS/c39-21-25-7-1-2-8-27(25)32-20-30(23-13-15-36-33(17-23)28-9-3-5-11-35(28)41-36)26(22-40)19-31(32)24-14-16-38-34(18-24)29-10-4-6-12-37(29)42-38/h1-20H. The first-order valence-electron chi connectivity index (χ1n) is 13.6. The summed E-state index contributed by atoms with van der Waals surface area (Å²) in [6.45, 7) is 0. The zero-order valence-corrected chi connectivity index (χ0v) is 23.1. The molecule has 0 amide bonds. The molecule has 2 heterocycles. The molecule has 0 saturated heterocycles. The Hall–Kier alpha value is -5.68. The maximum atomic E-state index is 10.4. The topological polar surface area (TPSA) is 60.7 Å². The fourth-order valence-electron chi connectivity index (χ4n) is 6.00. The van der Waals surface area contributed by atoms with Crippen molar-refractivity contribution in [3.8, 4) is 45.5 Å². The molecule has 0 unspecified atom stereocenters. The predicted octanol–water partition coefficient (Wildman–Crippen LogP) is 10.7. The Morgan fingerprint density at radius 3 is 2.00 bits per heavy atom. The zero-order valence-electron chi connectivity index (χ0n) is 22.3. The molecule has 4 heteroatoms. The van der Waals surface area contributed by atoms with Gasteiger partial charge in [-0.15, -0.1) is 11.3 Å². The van der Waals surface area contributed by atoms with Crippen LogP contribution in [0.3, 0.4) is 0 Å². The van der Waals surface area contributed by atoms with E-state index >= 15 is 0 Å². The molecule has 0 fully saturated rings. The molecule has 194 valence electrons. The third kappa shape index (κ3) is 3.71. The highest BCUT2D eigenvalue weighted by molar-refractivity contribution is 7.25. The third-order valence-corrected chi connectivity index (χ3v) is 9.14. The number of furan rings is 1. The highest BCUT2D eigenvalue weighted by Crippen LogP contribution is 2.43. The van der Waals surface area contributed by atoms with Gasteiger partial charge >= 0.3 is 0 Å². The third-order valence-electron chi connectivity index (χ3n) is 7.99. The number of nitriles is 2. The van der Waals surface area contributed by atoms with E-state index in [1.165, 1.54) is 20.2 Å². The molecule has 0 atom stereocenters. The molecule has 8 rings (SSSR count). The van der Waals surface area contributed by atoms with Crippen LogP contribution in [-0.4, -0.2) is 0 Å². The van der Waals surface area contributed by atoms with E-state index in [4.69, 9.17) is 4.42 Å². The van der Waals surface area contributed by atoms with Crippen molar-refractivity contribution in [1.29, 1.82) is 10.5 Å². The number of benzene rings is 6. The minimum atomic E-state index is 0.575. The number of thiophene rings is 1. The van der Waals surface area contributed by atoms with Crippen LogP contribution in [-0.2, 0) is 0 Å². The van der Waals surface area contributed by atoms with Crippen molar-refractivity contribution < 1.29 is 4.42 Å². The Morgan fingerprint density at radius 2 is 1.12 bits per heavy atom. The largest absolute Gasteiger partial charge is 0.456 e. The van der Waals surface area contributed by atoms with Gasteiger partial charge in [0.1, 0.15) is 11.2 Å². The Bertz CT molecular complexity index is 2450. The lowest BCUT2D eigenvalue weighted by atomic mass is 9.86. The molecule has 8 aromatic rings. The van der Waals surface area contributed by atoms with Gasteiger partial charge in [0.25, 0.3) is 0 Å². The molecule has 0 aliphatic carbocycles. The normalized spacial score (nSPS) is 11.3. The van der Waals surface area contributed by atoms with E-state index in [9.17, 15) is 10.5 Å². The van der Waals surface area contributed by atoms with Crippen molar-refractivity contribution in [2.24, 2.45) is 0 Å². The number of rotatable bonds is 3. The van der Waals surface area contributed by atoms with Crippen LogP contribution < -0.4 is 0 Å². The van der Waals surface area contributed by atoms with Gasteiger partial charge < -0.3 is 4.42 Å². The average molecular weight is 553 g/mol. The van der Waals surface area contributed by atoms with Crippen LogP contribution in [0.15, 0.2) is 126 Å². The molecule has 0 bridgehead atoms. The summed E-state index contributed by atoms with van der Waals surface area (Å²) in [4.78, 5) is 0. The zero-order chi connectivity index (χ0) is 28.2. The second kappa shape index (κ2) is 9.46. The van der Waals surface area contributed by atoms with Crippen LogP contribution in [0.25, 0.3) is 75.5 Å². The second-order valence-electron chi connectivity index (χ2n) is 10.3. The fourth-order valence-corrected chi connectivity index (χ4v) is 7.08. The summed E-state index contributed by atoms with van der Waals surface area (Å²) < 4.78 is 8.52. The van der Waals surface area contributed by atoms with E-state index in [1.54, 1.807) is 11.3 Å². The van der Waals surface area contributed by atoms with Gasteiger partial charge in [-0.25, -0.2) is 0 Å². The summed E-state index contributed by atoms with van der Waals surface area (Å²) in [5.41, 5.74) is 8.23. The van der Waals surface area contributed by atoms with Gasteiger partial charge in [0.05, 0.1) is 23.3 Å². The number of nitrogens with zero attached hydrogens (tertiary/aromatic N) is 2. The SMILES string of the molecule is N#Cc1cc(-c2ccc3sc4ccccc4c3c2)c(-c2ccccc2C#N)cc1-c1ccc2oc3ccccc3c2c1. The van der Waals surface area contributed by atoms with Gasteiger partial charge in [-0.2, -0.15) is 10.5 Å². The lowest BCUT2D eigenvalue weighted by molar-refractivity contribution is 0.669. The van der Waals surface area contributed by atoms with E-state index in [1.807, 2.05) is 60.7 Å². The summed E-state index contributed by atoms with van der Waals surface area (Å²) in [5, 5.41) is 24.9. The molecular formula is C38H20N2OS. The summed E-state index contributed by atoms with van der Waals surface area (Å²) >= 11 is 1.78. The smallest absolute Gasteiger partial charge is 0.135 e. The van der Waals surface area contributed by atoms with E-state index in [2.05, 4.69) is 72.8 Å². The molecule has 0 saturated carbocycles. The number of para-hydroxylation sites is 1. The first-order chi connectivity index (χ1) is 20.7. The Kier molecular flexibility index (Phi) is 5.44. The van der Waals surface area contributed by atoms with Crippen LogP contribution in [0.2, 0.25) is 0 Å². The van der Waals surface area contributed by atoms with Crippen molar-refractivity contribution in [2.75, 3.05) is 0 Å². The number of hydrogen-bond donors (Lipinski definition) is 0. The molecule has 2 aromatic heterocycles. The first kappa shape index (κ1) is 24.1. The predicted molar refractivity (Wildman–Crippen MR) is 172 cm³/mol. The Morgan fingerprint density at radius 1 is 0.452 bits per heavy atom. The van der Waals surface area contributed by atoms with Crippen LogP contribution in [0.1, 0.15) is 11.1 Å². The highest BCUT2D eigenvalue weighted by Gasteiger charge is 2.19. The Balaban J connectivity index is 1.41. The molecule has 0 radical (unpaired) electrons. The molecular weight excluding hydrogens is 532 g/mol. The highest BCUT2D eigenvalue weighted by atomic mass is 32.1. The van der Waals surface area contributed by atoms with Crippen molar-refractivity contribution in [2.45, 2.75) is 0 Å². The molecule has 0 aliphatic rings. The second-order valence-corrected chi connectivity index (χ2v) is 11.4. The van der Waals surface area contributed by atoms with Gasteiger partial charge in [0.2, 0.25) is 0 Å². The van der Waals surface area contributed by atoms with Gasteiger partial charge in [-0.05, 0) is 76.9 Å². The monoisotopic (exact) mass is 552 g/mol. The van der Waals surface area contributed by atoms with Crippen molar-refractivity contribution in [3.05, 3.63) is 132 Å². The average Bonchev–Trinajstić information content (AvgIpc) is 3.61. The van der Waals surface area contributed by atoms with E-state index in [-0.39, 0.29) is 0 Å². The quantitative estimate of drug-likeness (QED) is 0.219. The van der Waals surface area contributed by atoms with E-state index in [0.29, 0.717) is 11.1 Å². The lowest BCUT2D eigenvalue weighted by Gasteiger charge is -2.16. The van der Waals surface area contributed by atoms with Crippen molar-refractivity contribution in [1.82, 2.24) is 0 Å². The minimum absolute atomic E-state index is 0.575. The summed E-state index contributed by atoms with van der Waals surface area (Å²) in [5.74, 6) is 0. The van der Waals surface area contributed by atoms with Crippen LogP contribution in [0.5, 0.6) is 0 Å². The molecule has 0 aliphatic heterocycles.